The first-order chi connectivity index (χ1) is 7.97. The maximum Gasteiger partial charge on any atom is 0.131 e. The fraction of sp³-hybridized carbons (Fsp3) is 0.769. The second-order valence-corrected chi connectivity index (χ2v) is 4.01. The lowest BCUT2D eigenvalue weighted by Gasteiger charge is -2.22. The first kappa shape index (κ1) is 18.5. The molecule has 0 rings (SSSR count). The Bertz CT molecular complexity index is 215. The third kappa shape index (κ3) is 11.4. The van der Waals surface area contributed by atoms with Crippen molar-refractivity contribution in [3.63, 3.8) is 0 Å². The summed E-state index contributed by atoms with van der Waals surface area (Å²) in [5.74, 6) is 0.177. The van der Waals surface area contributed by atoms with Gasteiger partial charge < -0.3 is 16.4 Å². The number of rotatable bonds is 8. The molecule has 0 aliphatic heterocycles. The van der Waals surface area contributed by atoms with Gasteiger partial charge in [-0.05, 0) is 6.92 Å². The minimum atomic E-state index is 0.0666. The first-order valence-electron chi connectivity index (χ1n) is 6.35. The Balaban J connectivity index is 0. The smallest absolute Gasteiger partial charge is 0.131 e. The molecule has 0 spiro atoms. The molecule has 0 saturated carbocycles. The van der Waals surface area contributed by atoms with Gasteiger partial charge in [0, 0.05) is 31.2 Å². The van der Waals surface area contributed by atoms with Crippen molar-refractivity contribution in [2.24, 2.45) is 5.73 Å². The fourth-order valence-corrected chi connectivity index (χ4v) is 1.24. The van der Waals surface area contributed by atoms with E-state index in [0.29, 0.717) is 25.6 Å². The van der Waals surface area contributed by atoms with E-state index in [2.05, 4.69) is 31.1 Å². The van der Waals surface area contributed by atoms with Gasteiger partial charge in [-0.2, -0.15) is 0 Å². The predicted octanol–water partition coefficient (Wildman–Crippen LogP) is 1.42. The topological polar surface area (TPSA) is 67.2 Å². The maximum atomic E-state index is 10.7. The average Bonchev–Trinajstić information content (AvgIpc) is 2.27. The van der Waals surface area contributed by atoms with Gasteiger partial charge >= 0.3 is 0 Å². The molecule has 0 bridgehead atoms. The van der Waals surface area contributed by atoms with Crippen molar-refractivity contribution in [2.45, 2.75) is 53.1 Å². The third-order valence-corrected chi connectivity index (χ3v) is 2.02. The molecule has 4 heteroatoms. The number of carbonyl (C=O) groups is 1. The van der Waals surface area contributed by atoms with Gasteiger partial charge in [-0.15, -0.1) is 0 Å². The van der Waals surface area contributed by atoms with Crippen LogP contribution in [0.25, 0.3) is 0 Å². The van der Waals surface area contributed by atoms with Gasteiger partial charge in [0.2, 0.25) is 0 Å². The van der Waals surface area contributed by atoms with Crippen LogP contribution in [-0.2, 0) is 4.79 Å². The molecule has 0 amide bonds. The van der Waals surface area contributed by atoms with Crippen LogP contribution >= 0.6 is 0 Å². The van der Waals surface area contributed by atoms with E-state index in [9.17, 15) is 4.79 Å². The minimum Gasteiger partial charge on any atom is -0.387 e. The van der Waals surface area contributed by atoms with Crippen molar-refractivity contribution in [3.05, 3.63) is 12.3 Å². The van der Waals surface area contributed by atoms with Crippen LogP contribution in [-0.4, -0.2) is 31.0 Å². The van der Waals surface area contributed by atoms with Crippen LogP contribution in [0.1, 0.15) is 41.0 Å². The summed E-state index contributed by atoms with van der Waals surface area (Å²) < 4.78 is 0. The lowest BCUT2D eigenvalue weighted by atomic mass is 10.2. The molecule has 0 aromatic heterocycles. The van der Waals surface area contributed by atoms with E-state index in [-0.39, 0.29) is 11.8 Å². The lowest BCUT2D eigenvalue weighted by molar-refractivity contribution is -0.116. The van der Waals surface area contributed by atoms with E-state index in [0.717, 1.165) is 5.70 Å². The van der Waals surface area contributed by atoms with Crippen LogP contribution in [0.15, 0.2) is 12.3 Å². The van der Waals surface area contributed by atoms with E-state index in [1.54, 1.807) is 6.92 Å². The number of nitrogens with one attached hydrogen (secondary N) is 2. The zero-order valence-electron chi connectivity index (χ0n) is 12.0. The van der Waals surface area contributed by atoms with Crippen LogP contribution in [0.2, 0.25) is 0 Å². The Morgan fingerprint density at radius 2 is 1.88 bits per heavy atom. The second kappa shape index (κ2) is 11.6. The van der Waals surface area contributed by atoms with Crippen LogP contribution in [0.3, 0.4) is 0 Å². The quantitative estimate of drug-likeness (QED) is 0.603. The predicted molar refractivity (Wildman–Crippen MR) is 74.9 cm³/mol. The zero-order chi connectivity index (χ0) is 13.8. The van der Waals surface area contributed by atoms with Crippen molar-refractivity contribution in [2.75, 3.05) is 13.1 Å². The molecular formula is C13H29N3O. The van der Waals surface area contributed by atoms with Crippen molar-refractivity contribution in [1.82, 2.24) is 10.6 Å². The largest absolute Gasteiger partial charge is 0.387 e. The van der Waals surface area contributed by atoms with Gasteiger partial charge in [-0.25, -0.2) is 0 Å². The van der Waals surface area contributed by atoms with Crippen LogP contribution in [0, 0.1) is 0 Å². The molecule has 0 aromatic carbocycles. The number of carbonyl (C=O) groups excluding carboxylic acids is 1. The summed E-state index contributed by atoms with van der Waals surface area (Å²) in [6.07, 6.45) is 0.526. The molecule has 4 nitrogen and oxygen atoms in total. The molecule has 0 heterocycles. The number of ketones is 1. The number of hydrogen-bond acceptors (Lipinski definition) is 4. The van der Waals surface area contributed by atoms with E-state index < -0.39 is 0 Å². The van der Waals surface area contributed by atoms with E-state index in [4.69, 9.17) is 5.73 Å². The summed E-state index contributed by atoms with van der Waals surface area (Å²) in [5, 5.41) is 6.41. The second-order valence-electron chi connectivity index (χ2n) is 4.01. The van der Waals surface area contributed by atoms with Crippen molar-refractivity contribution >= 4 is 5.78 Å². The van der Waals surface area contributed by atoms with Gasteiger partial charge in [-0.3, -0.25) is 4.79 Å². The molecule has 102 valence electrons. The lowest BCUT2D eigenvalue weighted by Crippen LogP contribution is -2.45. The van der Waals surface area contributed by atoms with Crippen LogP contribution < -0.4 is 16.4 Å². The highest BCUT2D eigenvalue weighted by Crippen LogP contribution is 1.96. The highest BCUT2D eigenvalue weighted by atomic mass is 16.1. The molecule has 0 aliphatic rings. The minimum absolute atomic E-state index is 0.0666. The highest BCUT2D eigenvalue weighted by Gasteiger charge is 2.10. The number of nitrogens with two attached hydrogens (primary N) is 1. The van der Waals surface area contributed by atoms with Crippen molar-refractivity contribution < 1.29 is 4.79 Å². The molecule has 1 atom stereocenters. The van der Waals surface area contributed by atoms with E-state index in [1.165, 1.54) is 0 Å². The van der Waals surface area contributed by atoms with Crippen LogP contribution in [0.5, 0.6) is 0 Å². The molecule has 0 fully saturated rings. The highest BCUT2D eigenvalue weighted by molar-refractivity contribution is 5.75. The molecule has 0 aliphatic carbocycles. The Morgan fingerprint density at radius 3 is 2.24 bits per heavy atom. The van der Waals surface area contributed by atoms with E-state index >= 15 is 0 Å². The summed E-state index contributed by atoms with van der Waals surface area (Å²) in [6, 6.07) is 0.432. The summed E-state index contributed by atoms with van der Waals surface area (Å²) >= 11 is 0. The summed E-state index contributed by atoms with van der Waals surface area (Å²) in [4.78, 5) is 10.7. The van der Waals surface area contributed by atoms with Gasteiger partial charge in [0.25, 0.3) is 0 Å². The van der Waals surface area contributed by atoms with Crippen molar-refractivity contribution in [1.29, 1.82) is 0 Å². The fourth-order valence-electron chi connectivity index (χ4n) is 1.24. The Labute approximate surface area is 106 Å². The zero-order valence-corrected chi connectivity index (χ0v) is 12.0. The SMILES string of the molecule is C=C(NCCC(C)=O)C(CN)NC(C)C.CC. The van der Waals surface area contributed by atoms with Gasteiger partial charge in [0.1, 0.15) is 5.78 Å². The molecule has 1 unspecified atom stereocenters. The third-order valence-electron chi connectivity index (χ3n) is 2.02. The molecule has 4 N–H and O–H groups in total. The summed E-state index contributed by atoms with van der Waals surface area (Å²) in [7, 11) is 0. The van der Waals surface area contributed by atoms with Gasteiger partial charge in [0.05, 0.1) is 6.04 Å². The normalized spacial score (nSPS) is 11.5. The Hall–Kier alpha value is -0.870. The van der Waals surface area contributed by atoms with Gasteiger partial charge in [-0.1, -0.05) is 34.3 Å². The maximum absolute atomic E-state index is 10.7. The Kier molecular flexibility index (Phi) is 12.6. The van der Waals surface area contributed by atoms with Crippen molar-refractivity contribution in [3.8, 4) is 0 Å². The summed E-state index contributed by atoms with van der Waals surface area (Å²) in [6.45, 7) is 14.7. The number of Topliss-reactive ketones (excluding diaryl/α,β-unsaturated/α-hetero) is 1. The molecule has 0 aromatic rings. The first-order valence-corrected chi connectivity index (χ1v) is 6.35. The van der Waals surface area contributed by atoms with Crippen LogP contribution in [0.4, 0.5) is 0 Å². The summed E-state index contributed by atoms with van der Waals surface area (Å²) in [5.41, 5.74) is 6.48. The van der Waals surface area contributed by atoms with Gasteiger partial charge in [0.15, 0.2) is 0 Å². The average molecular weight is 243 g/mol. The monoisotopic (exact) mass is 243 g/mol. The van der Waals surface area contributed by atoms with E-state index in [1.807, 2.05) is 13.8 Å². The number of hydrogen-bond donors (Lipinski definition) is 3. The molecule has 0 saturated heterocycles. The molecule has 17 heavy (non-hydrogen) atoms. The molecule has 0 radical (unpaired) electrons. The Morgan fingerprint density at radius 1 is 1.35 bits per heavy atom. The standard InChI is InChI=1S/C11H23N3O.C2H6/c1-8(2)14-11(7-12)10(4)13-6-5-9(3)15;1-2/h8,11,13-14H,4-7,12H2,1-3H3;1-2H3. The molecular weight excluding hydrogens is 214 g/mol.